The molecule has 0 radical (unpaired) electrons. The first-order chi connectivity index (χ1) is 19.7. The van der Waals surface area contributed by atoms with Crippen LogP contribution < -0.4 is 15.5 Å². The zero-order valence-corrected chi connectivity index (χ0v) is 23.3. The number of piperidine rings is 2. The fraction of sp³-hybridized carbons (Fsp3) is 0.483. The molecule has 206 valence electrons. The van der Waals surface area contributed by atoms with Crippen molar-refractivity contribution in [3.63, 3.8) is 0 Å². The molecule has 7 rings (SSSR count). The zero-order valence-electron chi connectivity index (χ0n) is 22.5. The molecule has 3 aliphatic rings. The van der Waals surface area contributed by atoms with Crippen LogP contribution in [-0.2, 0) is 4.74 Å². The van der Waals surface area contributed by atoms with Crippen LogP contribution in [0.25, 0.3) is 27.5 Å². The van der Waals surface area contributed by atoms with Gasteiger partial charge < -0.3 is 20.3 Å². The monoisotopic (exact) mass is 555 g/mol. The second-order valence-electron chi connectivity index (χ2n) is 11.2. The van der Waals surface area contributed by atoms with Crippen LogP contribution in [0.5, 0.6) is 0 Å². The van der Waals surface area contributed by atoms with Gasteiger partial charge in [-0.2, -0.15) is 10.4 Å². The summed E-state index contributed by atoms with van der Waals surface area (Å²) in [6.07, 6.45) is 10.4. The third-order valence-corrected chi connectivity index (χ3v) is 9.80. The van der Waals surface area contributed by atoms with Gasteiger partial charge in [0.2, 0.25) is 5.13 Å². The summed E-state index contributed by atoms with van der Waals surface area (Å²) in [5.74, 6) is 0. The van der Waals surface area contributed by atoms with Gasteiger partial charge in [-0.1, -0.05) is 11.3 Å². The average Bonchev–Trinajstić information content (AvgIpc) is 3.66. The molecule has 3 aliphatic heterocycles. The summed E-state index contributed by atoms with van der Waals surface area (Å²) in [6.45, 7) is 5.89. The lowest BCUT2D eigenvalue weighted by Crippen LogP contribution is -2.45. The maximum atomic E-state index is 9.25. The van der Waals surface area contributed by atoms with Crippen molar-refractivity contribution in [2.24, 2.45) is 5.41 Å². The number of hydrogen-bond acceptors (Lipinski definition) is 10. The topological polar surface area (TPSA) is 116 Å². The largest absolute Gasteiger partial charge is 0.381 e. The molecule has 40 heavy (non-hydrogen) atoms. The number of anilines is 2. The van der Waals surface area contributed by atoms with Gasteiger partial charge in [-0.25, -0.2) is 4.52 Å². The predicted molar refractivity (Wildman–Crippen MR) is 155 cm³/mol. The molecular weight excluding hydrogens is 522 g/mol. The van der Waals surface area contributed by atoms with E-state index in [4.69, 9.17) is 9.72 Å². The second-order valence-corrected chi connectivity index (χ2v) is 12.1. The molecule has 7 heterocycles. The van der Waals surface area contributed by atoms with Crippen molar-refractivity contribution >= 4 is 27.7 Å². The Bertz CT molecular complexity index is 1530. The van der Waals surface area contributed by atoms with E-state index in [2.05, 4.69) is 43.0 Å². The third kappa shape index (κ3) is 4.91. The molecule has 3 saturated heterocycles. The van der Waals surface area contributed by atoms with Crippen molar-refractivity contribution in [2.75, 3.05) is 49.6 Å². The number of hydrogen-bond donors (Lipinski definition) is 2. The summed E-state index contributed by atoms with van der Waals surface area (Å²) in [6, 6.07) is 10.4. The first-order valence-electron chi connectivity index (χ1n) is 14.2. The molecule has 0 saturated carbocycles. The van der Waals surface area contributed by atoms with E-state index in [1.807, 2.05) is 28.9 Å². The lowest BCUT2D eigenvalue weighted by Gasteiger charge is -2.44. The molecule has 0 atom stereocenters. The Morgan fingerprint density at radius 3 is 2.67 bits per heavy atom. The molecule has 0 aliphatic carbocycles. The molecule has 2 N–H and O–H groups in total. The van der Waals surface area contributed by atoms with E-state index in [0.29, 0.717) is 17.0 Å². The van der Waals surface area contributed by atoms with Crippen molar-refractivity contribution in [1.82, 2.24) is 30.1 Å². The Hall–Kier alpha value is -3.59. The van der Waals surface area contributed by atoms with Gasteiger partial charge in [0.1, 0.15) is 6.07 Å². The number of fused-ring (bicyclic) bond motifs is 1. The minimum atomic E-state index is 0.318. The highest BCUT2D eigenvalue weighted by atomic mass is 32.1. The Morgan fingerprint density at radius 1 is 1.05 bits per heavy atom. The van der Waals surface area contributed by atoms with Crippen molar-refractivity contribution < 1.29 is 4.74 Å². The van der Waals surface area contributed by atoms with Gasteiger partial charge in [-0.3, -0.25) is 4.98 Å². The molecule has 10 nitrogen and oxygen atoms in total. The zero-order chi connectivity index (χ0) is 26.9. The number of nitrogens with one attached hydrogen (secondary N) is 2. The van der Waals surface area contributed by atoms with Crippen molar-refractivity contribution in [3.8, 4) is 28.0 Å². The number of aromatic nitrogens is 5. The van der Waals surface area contributed by atoms with Crippen LogP contribution in [-0.4, -0.2) is 70.2 Å². The Morgan fingerprint density at radius 2 is 1.88 bits per heavy atom. The van der Waals surface area contributed by atoms with Crippen LogP contribution >= 0.6 is 11.3 Å². The molecular formula is C29H33N9OS. The molecule has 11 heteroatoms. The second kappa shape index (κ2) is 10.8. The molecule has 4 aromatic rings. The summed E-state index contributed by atoms with van der Waals surface area (Å²) in [5, 5.41) is 32.2. The summed E-state index contributed by atoms with van der Waals surface area (Å²) < 4.78 is 7.43. The fourth-order valence-electron chi connectivity index (χ4n) is 6.28. The van der Waals surface area contributed by atoms with E-state index >= 15 is 0 Å². The number of ether oxygens (including phenoxy) is 1. The van der Waals surface area contributed by atoms with Crippen LogP contribution in [0, 0.1) is 16.7 Å². The normalized spacial score (nSPS) is 19.6. The van der Waals surface area contributed by atoms with E-state index in [1.54, 1.807) is 17.5 Å². The molecule has 1 spiro atoms. The van der Waals surface area contributed by atoms with Crippen LogP contribution in [0.2, 0.25) is 0 Å². The first kappa shape index (κ1) is 25.4. The summed E-state index contributed by atoms with van der Waals surface area (Å²) in [4.78, 5) is 7.26. The fourth-order valence-corrected chi connectivity index (χ4v) is 7.20. The SMILES string of the molecule is N#Cc1cnn2c(-c3cc(NC4CCOCC4)c(-c4nnc(N5CCC6(CCNCC6)CC5)s4)cn3)ccc2c1. The first-order valence-corrected chi connectivity index (χ1v) is 15.0. The Kier molecular flexibility index (Phi) is 6.83. The van der Waals surface area contributed by atoms with E-state index in [1.165, 1.54) is 25.7 Å². The van der Waals surface area contributed by atoms with E-state index in [-0.39, 0.29) is 0 Å². The number of pyridine rings is 1. The molecule has 4 aromatic heterocycles. The lowest BCUT2D eigenvalue weighted by molar-refractivity contribution is 0.0904. The average molecular weight is 556 g/mol. The highest BCUT2D eigenvalue weighted by Gasteiger charge is 2.36. The summed E-state index contributed by atoms with van der Waals surface area (Å²) >= 11 is 1.65. The van der Waals surface area contributed by atoms with Gasteiger partial charge in [0, 0.05) is 44.2 Å². The van der Waals surface area contributed by atoms with Gasteiger partial charge in [0.15, 0.2) is 5.01 Å². The smallest absolute Gasteiger partial charge is 0.208 e. The van der Waals surface area contributed by atoms with Crippen molar-refractivity contribution in [2.45, 2.75) is 44.6 Å². The van der Waals surface area contributed by atoms with Gasteiger partial charge in [0.05, 0.1) is 34.2 Å². The van der Waals surface area contributed by atoms with Gasteiger partial charge in [-0.15, -0.1) is 10.2 Å². The van der Waals surface area contributed by atoms with Crippen molar-refractivity contribution in [3.05, 3.63) is 42.2 Å². The standard InChI is InChI=1S/C29H33N9OS/c30-17-20-15-22-1-2-26(38(22)33-18-20)25-16-24(34-21-3-13-39-14-4-21)23(19-32-25)27-35-36-28(40-27)37-11-7-29(8-12-37)5-9-31-10-6-29/h1-2,15-16,18-19,21,31H,3-14H2,(H,32,34). The van der Waals surface area contributed by atoms with Gasteiger partial charge in [0.25, 0.3) is 0 Å². The van der Waals surface area contributed by atoms with E-state index in [9.17, 15) is 5.26 Å². The third-order valence-electron chi connectivity index (χ3n) is 8.78. The van der Waals surface area contributed by atoms with Crippen LogP contribution in [0.1, 0.15) is 44.1 Å². The molecule has 0 amide bonds. The number of nitriles is 1. The quantitative estimate of drug-likeness (QED) is 0.371. The minimum absolute atomic E-state index is 0.318. The highest BCUT2D eigenvalue weighted by Crippen LogP contribution is 2.42. The minimum Gasteiger partial charge on any atom is -0.381 e. The highest BCUT2D eigenvalue weighted by molar-refractivity contribution is 7.18. The molecule has 0 unspecified atom stereocenters. The van der Waals surface area contributed by atoms with E-state index < -0.39 is 0 Å². The maximum Gasteiger partial charge on any atom is 0.208 e. The summed E-state index contributed by atoms with van der Waals surface area (Å²) in [7, 11) is 0. The number of rotatable bonds is 5. The Balaban J connectivity index is 1.18. The maximum absolute atomic E-state index is 9.25. The summed E-state index contributed by atoms with van der Waals surface area (Å²) in [5.41, 5.74) is 5.54. The molecule has 0 bridgehead atoms. The molecule has 3 fully saturated rings. The van der Waals surface area contributed by atoms with Crippen LogP contribution in [0.4, 0.5) is 10.8 Å². The lowest BCUT2D eigenvalue weighted by atomic mass is 9.72. The van der Waals surface area contributed by atoms with E-state index in [0.717, 1.165) is 90.5 Å². The van der Waals surface area contributed by atoms with Crippen LogP contribution in [0.15, 0.2) is 36.7 Å². The van der Waals surface area contributed by atoms with Crippen LogP contribution in [0.3, 0.4) is 0 Å². The molecule has 0 aromatic carbocycles. The predicted octanol–water partition coefficient (Wildman–Crippen LogP) is 4.35. The van der Waals surface area contributed by atoms with Crippen molar-refractivity contribution in [1.29, 1.82) is 5.26 Å². The van der Waals surface area contributed by atoms with Gasteiger partial charge in [-0.05, 0) is 81.3 Å². The number of nitrogens with zero attached hydrogens (tertiary/aromatic N) is 7. The Labute approximate surface area is 237 Å². The van der Waals surface area contributed by atoms with Gasteiger partial charge >= 0.3 is 0 Å².